The molecule has 0 aromatic carbocycles. The van der Waals surface area contributed by atoms with Crippen molar-refractivity contribution in [1.29, 1.82) is 0 Å². The molecule has 17 heavy (non-hydrogen) atoms. The zero-order valence-electron chi connectivity index (χ0n) is 9.59. The number of H-pyrrole nitrogens is 1. The fourth-order valence-corrected chi connectivity index (χ4v) is 3.73. The molecule has 2 heterocycles. The number of amides is 1. The Labute approximate surface area is 99.9 Å². The maximum atomic E-state index is 11.9. The molecule has 1 saturated heterocycles. The molecule has 1 atom stereocenters. The first kappa shape index (κ1) is 12.1. The fourth-order valence-electron chi connectivity index (χ4n) is 1.96. The minimum Gasteiger partial charge on any atom is -0.341 e. The van der Waals surface area contributed by atoms with Gasteiger partial charge in [0.15, 0.2) is 9.84 Å². The lowest BCUT2D eigenvalue weighted by Crippen LogP contribution is -2.38. The third kappa shape index (κ3) is 2.85. The molecule has 1 aliphatic rings. The summed E-state index contributed by atoms with van der Waals surface area (Å²) in [5, 5.41) is 6.48. The van der Waals surface area contributed by atoms with Gasteiger partial charge in [0.25, 0.3) is 0 Å². The highest BCUT2D eigenvalue weighted by atomic mass is 32.2. The normalized spacial score (nSPS) is 22.5. The van der Waals surface area contributed by atoms with Gasteiger partial charge in [0.05, 0.1) is 17.9 Å². The largest absolute Gasteiger partial charge is 0.341 e. The maximum absolute atomic E-state index is 11.9. The molecule has 7 heteroatoms. The predicted molar refractivity (Wildman–Crippen MR) is 62.1 cm³/mol. The molecule has 0 bridgehead atoms. The molecule has 1 aromatic rings. The zero-order valence-corrected chi connectivity index (χ0v) is 10.4. The molecular weight excluding hydrogens is 242 g/mol. The van der Waals surface area contributed by atoms with Crippen LogP contribution in [0, 0.1) is 0 Å². The standard InChI is InChI=1S/C10H15N3O3S/c1-13(9-3-5-17(15,16)7-9)10(14)6-8-2-4-11-12-8/h2,4,9H,3,5-7H2,1H3,(H,11,12). The monoisotopic (exact) mass is 257 g/mol. The highest BCUT2D eigenvalue weighted by molar-refractivity contribution is 7.91. The lowest BCUT2D eigenvalue weighted by atomic mass is 10.2. The third-order valence-corrected chi connectivity index (χ3v) is 4.80. The number of nitrogens with zero attached hydrogens (tertiary/aromatic N) is 2. The van der Waals surface area contributed by atoms with Gasteiger partial charge in [-0.1, -0.05) is 0 Å². The van der Waals surface area contributed by atoms with Crippen molar-refractivity contribution < 1.29 is 13.2 Å². The van der Waals surface area contributed by atoms with Crippen LogP contribution >= 0.6 is 0 Å². The van der Waals surface area contributed by atoms with Crippen LogP contribution in [0.15, 0.2) is 12.3 Å². The van der Waals surface area contributed by atoms with E-state index in [1.165, 1.54) is 4.90 Å². The van der Waals surface area contributed by atoms with Gasteiger partial charge < -0.3 is 4.90 Å². The fraction of sp³-hybridized carbons (Fsp3) is 0.600. The van der Waals surface area contributed by atoms with Gasteiger partial charge >= 0.3 is 0 Å². The van der Waals surface area contributed by atoms with E-state index >= 15 is 0 Å². The van der Waals surface area contributed by atoms with Gasteiger partial charge in [-0.15, -0.1) is 0 Å². The second-order valence-corrected chi connectivity index (χ2v) is 6.55. The van der Waals surface area contributed by atoms with Crippen molar-refractivity contribution in [3.05, 3.63) is 18.0 Å². The van der Waals surface area contributed by atoms with Crippen LogP contribution < -0.4 is 0 Å². The molecule has 0 aliphatic carbocycles. The first-order valence-corrected chi connectivity index (χ1v) is 7.24. The van der Waals surface area contributed by atoms with Crippen molar-refractivity contribution >= 4 is 15.7 Å². The Hall–Kier alpha value is -1.37. The van der Waals surface area contributed by atoms with E-state index in [1.54, 1.807) is 19.3 Å². The van der Waals surface area contributed by atoms with Crippen molar-refractivity contribution in [2.75, 3.05) is 18.6 Å². The maximum Gasteiger partial charge on any atom is 0.228 e. The van der Waals surface area contributed by atoms with Crippen LogP contribution in [0.2, 0.25) is 0 Å². The van der Waals surface area contributed by atoms with Crippen molar-refractivity contribution in [3.8, 4) is 0 Å². The number of hydrogen-bond acceptors (Lipinski definition) is 4. The Morgan fingerprint density at radius 2 is 2.41 bits per heavy atom. The molecule has 94 valence electrons. The van der Waals surface area contributed by atoms with E-state index in [-0.39, 0.29) is 29.9 Å². The van der Waals surface area contributed by atoms with E-state index in [1.807, 2.05) is 0 Å². The summed E-state index contributed by atoms with van der Waals surface area (Å²) in [7, 11) is -1.29. The summed E-state index contributed by atoms with van der Waals surface area (Å²) in [6.07, 6.45) is 2.35. The third-order valence-electron chi connectivity index (χ3n) is 3.05. The van der Waals surface area contributed by atoms with Crippen LogP contribution in [-0.4, -0.2) is 54.0 Å². The number of carbonyl (C=O) groups is 1. The molecular formula is C10H15N3O3S. The predicted octanol–water partition coefficient (Wildman–Crippen LogP) is -0.402. The summed E-state index contributed by atoms with van der Waals surface area (Å²) in [5.41, 5.74) is 0.739. The molecule has 1 unspecified atom stereocenters. The lowest BCUT2D eigenvalue weighted by Gasteiger charge is -2.23. The van der Waals surface area contributed by atoms with Crippen molar-refractivity contribution in [3.63, 3.8) is 0 Å². The number of aromatic nitrogens is 2. The van der Waals surface area contributed by atoms with Crippen molar-refractivity contribution in [2.45, 2.75) is 18.9 Å². The summed E-state index contributed by atoms with van der Waals surface area (Å²) in [6, 6.07) is 1.55. The van der Waals surface area contributed by atoms with Gasteiger partial charge in [0, 0.05) is 25.0 Å². The second kappa shape index (κ2) is 4.48. The molecule has 6 nitrogen and oxygen atoms in total. The van der Waals surface area contributed by atoms with E-state index in [0.29, 0.717) is 6.42 Å². The van der Waals surface area contributed by atoms with E-state index in [0.717, 1.165) is 5.69 Å². The summed E-state index contributed by atoms with van der Waals surface area (Å²) >= 11 is 0. The molecule has 2 rings (SSSR count). The Balaban J connectivity index is 1.96. The first-order valence-electron chi connectivity index (χ1n) is 5.42. The number of aromatic amines is 1. The van der Waals surface area contributed by atoms with Gasteiger partial charge in [-0.2, -0.15) is 5.10 Å². The molecule has 1 fully saturated rings. The molecule has 1 amide bonds. The van der Waals surface area contributed by atoms with Crippen LogP contribution in [0.25, 0.3) is 0 Å². The average Bonchev–Trinajstić information content (AvgIpc) is 2.86. The van der Waals surface area contributed by atoms with Crippen LogP contribution in [0.5, 0.6) is 0 Å². The molecule has 0 saturated carbocycles. The quantitative estimate of drug-likeness (QED) is 0.798. The molecule has 1 N–H and O–H groups in total. The van der Waals surface area contributed by atoms with E-state index < -0.39 is 9.84 Å². The van der Waals surface area contributed by atoms with Crippen LogP contribution in [-0.2, 0) is 21.1 Å². The van der Waals surface area contributed by atoms with Crippen LogP contribution in [0.3, 0.4) is 0 Å². The molecule has 1 aliphatic heterocycles. The summed E-state index contributed by atoms with van der Waals surface area (Å²) < 4.78 is 22.7. The zero-order chi connectivity index (χ0) is 12.5. The van der Waals surface area contributed by atoms with E-state index in [9.17, 15) is 13.2 Å². The van der Waals surface area contributed by atoms with Crippen molar-refractivity contribution in [1.82, 2.24) is 15.1 Å². The number of sulfone groups is 1. The molecule has 0 spiro atoms. The Bertz CT molecular complexity index is 495. The SMILES string of the molecule is CN(C(=O)Cc1ccn[nH]1)C1CCS(=O)(=O)C1. The Kier molecular flexibility index (Phi) is 3.19. The van der Waals surface area contributed by atoms with Gasteiger partial charge in [-0.25, -0.2) is 8.42 Å². The van der Waals surface area contributed by atoms with Crippen molar-refractivity contribution in [2.24, 2.45) is 0 Å². The summed E-state index contributed by atoms with van der Waals surface area (Å²) in [6.45, 7) is 0. The smallest absolute Gasteiger partial charge is 0.228 e. The second-order valence-electron chi connectivity index (χ2n) is 4.32. The summed E-state index contributed by atoms with van der Waals surface area (Å²) in [5.74, 6) is 0.175. The average molecular weight is 257 g/mol. The number of nitrogens with one attached hydrogen (secondary N) is 1. The minimum absolute atomic E-state index is 0.0816. The lowest BCUT2D eigenvalue weighted by molar-refractivity contribution is -0.130. The Morgan fingerprint density at radius 3 is 2.94 bits per heavy atom. The first-order chi connectivity index (χ1) is 7.98. The number of hydrogen-bond donors (Lipinski definition) is 1. The number of rotatable bonds is 3. The topological polar surface area (TPSA) is 83.1 Å². The number of likely N-dealkylation sites (N-methyl/N-ethyl adjacent to an activating group) is 1. The minimum atomic E-state index is -2.95. The van der Waals surface area contributed by atoms with E-state index in [2.05, 4.69) is 10.2 Å². The van der Waals surface area contributed by atoms with Gasteiger partial charge in [0.2, 0.25) is 5.91 Å². The Morgan fingerprint density at radius 1 is 1.65 bits per heavy atom. The molecule has 0 radical (unpaired) electrons. The van der Waals surface area contributed by atoms with Gasteiger partial charge in [-0.05, 0) is 12.5 Å². The summed E-state index contributed by atoms with van der Waals surface area (Å²) in [4.78, 5) is 13.4. The highest BCUT2D eigenvalue weighted by Gasteiger charge is 2.32. The van der Waals surface area contributed by atoms with E-state index in [4.69, 9.17) is 0 Å². The molecule has 1 aromatic heterocycles. The number of carbonyl (C=O) groups excluding carboxylic acids is 1. The van der Waals surface area contributed by atoms with Gasteiger partial charge in [-0.3, -0.25) is 9.89 Å². The van der Waals surface area contributed by atoms with Gasteiger partial charge in [0.1, 0.15) is 0 Å². The highest BCUT2D eigenvalue weighted by Crippen LogP contribution is 2.17. The van der Waals surface area contributed by atoms with Crippen LogP contribution in [0.4, 0.5) is 0 Å². The van der Waals surface area contributed by atoms with Crippen LogP contribution in [0.1, 0.15) is 12.1 Å².